The van der Waals surface area contributed by atoms with E-state index in [1.54, 1.807) is 31.3 Å². The number of sulfone groups is 1. The number of nitrogens with one attached hydrogen (secondary N) is 1. The number of ether oxygens (including phenoxy) is 2. The minimum atomic E-state index is -4.08. The minimum absolute atomic E-state index is 0.110. The molecule has 0 aliphatic heterocycles. The molecule has 0 atom stereocenters. The van der Waals surface area contributed by atoms with Crippen LogP contribution in [0.4, 0.5) is 0 Å². The van der Waals surface area contributed by atoms with Crippen LogP contribution in [-0.2, 0) is 26.3 Å². The Balaban J connectivity index is 1.94. The van der Waals surface area contributed by atoms with Crippen LogP contribution in [0, 0.1) is 6.92 Å². The summed E-state index contributed by atoms with van der Waals surface area (Å²) >= 11 is 0. The van der Waals surface area contributed by atoms with E-state index in [4.69, 9.17) is 9.47 Å². The molecule has 1 aromatic heterocycles. The zero-order valence-corrected chi connectivity index (χ0v) is 19.5. The van der Waals surface area contributed by atoms with Crippen molar-refractivity contribution >= 4 is 19.9 Å². The highest BCUT2D eigenvalue weighted by Crippen LogP contribution is 2.33. The molecule has 0 spiro atoms. The summed E-state index contributed by atoms with van der Waals surface area (Å²) in [6.07, 6.45) is 2.03. The number of aromatic nitrogens is 1. The molecule has 0 aliphatic rings. The highest BCUT2D eigenvalue weighted by molar-refractivity contribution is 7.92. The van der Waals surface area contributed by atoms with Crippen molar-refractivity contribution in [1.82, 2.24) is 9.71 Å². The monoisotopic (exact) mass is 476 g/mol. The Morgan fingerprint density at radius 1 is 0.906 bits per heavy atom. The molecule has 0 aliphatic carbocycles. The summed E-state index contributed by atoms with van der Waals surface area (Å²) in [5.41, 5.74) is 1.17. The van der Waals surface area contributed by atoms with E-state index in [0.717, 1.165) is 11.8 Å². The summed E-state index contributed by atoms with van der Waals surface area (Å²) in [4.78, 5) is 3.77. The number of benzene rings is 2. The first-order valence-electron chi connectivity index (χ1n) is 9.66. The molecule has 0 saturated carbocycles. The second-order valence-corrected chi connectivity index (χ2v) is 10.6. The molecule has 0 bridgehead atoms. The lowest BCUT2D eigenvalue weighted by Gasteiger charge is -2.14. The number of hydrogen-bond donors (Lipinski definition) is 1. The number of methoxy groups -OCH3 is 2. The van der Waals surface area contributed by atoms with E-state index in [-0.39, 0.29) is 27.0 Å². The lowest BCUT2D eigenvalue weighted by molar-refractivity contribution is 0.392. The Bertz CT molecular complexity index is 1310. The molecule has 8 nitrogen and oxygen atoms in total. The third kappa shape index (κ3) is 5.09. The quantitative estimate of drug-likeness (QED) is 0.505. The van der Waals surface area contributed by atoms with Gasteiger partial charge in [0.15, 0.2) is 0 Å². The van der Waals surface area contributed by atoms with Crippen LogP contribution in [0.5, 0.6) is 11.5 Å². The van der Waals surface area contributed by atoms with Gasteiger partial charge in [-0.3, -0.25) is 4.98 Å². The van der Waals surface area contributed by atoms with Crippen LogP contribution in [0.3, 0.4) is 0 Å². The van der Waals surface area contributed by atoms with E-state index in [9.17, 15) is 16.8 Å². The summed E-state index contributed by atoms with van der Waals surface area (Å²) in [6.45, 7) is 1.73. The largest absolute Gasteiger partial charge is 0.497 e. The molecule has 0 saturated heterocycles. The second-order valence-electron chi connectivity index (χ2n) is 6.92. The number of hydrogen-bond acceptors (Lipinski definition) is 7. The molecule has 0 fully saturated rings. The normalized spacial score (nSPS) is 11.8. The van der Waals surface area contributed by atoms with E-state index >= 15 is 0 Å². The van der Waals surface area contributed by atoms with Crippen LogP contribution in [0.1, 0.15) is 11.3 Å². The van der Waals surface area contributed by atoms with Gasteiger partial charge in [-0.05, 0) is 48.9 Å². The maximum Gasteiger partial charge on any atom is 0.240 e. The topological polar surface area (TPSA) is 112 Å². The molecular formula is C22H24N2O6S2. The Morgan fingerprint density at radius 2 is 1.69 bits per heavy atom. The third-order valence-corrected chi connectivity index (χ3v) is 8.19. The smallest absolute Gasteiger partial charge is 0.240 e. The predicted octanol–water partition coefficient (Wildman–Crippen LogP) is 2.76. The molecule has 1 heterocycles. The molecule has 10 heteroatoms. The van der Waals surface area contributed by atoms with Crippen LogP contribution >= 0.6 is 0 Å². The maximum atomic E-state index is 13.3. The Morgan fingerprint density at radius 3 is 2.34 bits per heavy atom. The average Bonchev–Trinajstić information content (AvgIpc) is 2.79. The Kier molecular flexibility index (Phi) is 7.17. The lowest BCUT2D eigenvalue weighted by Crippen LogP contribution is -2.27. The van der Waals surface area contributed by atoms with E-state index in [1.165, 1.54) is 38.5 Å². The van der Waals surface area contributed by atoms with Gasteiger partial charge in [-0.2, -0.15) is 0 Å². The molecule has 1 N–H and O–H groups in total. The fraction of sp³-hybridized carbons (Fsp3) is 0.227. The van der Waals surface area contributed by atoms with Crippen molar-refractivity contribution in [2.24, 2.45) is 0 Å². The summed E-state index contributed by atoms with van der Waals surface area (Å²) in [5.74, 6) is 0.463. The third-order valence-electron chi connectivity index (χ3n) is 4.82. The molecule has 32 heavy (non-hydrogen) atoms. The number of aryl methyl sites for hydroxylation is 1. The van der Waals surface area contributed by atoms with Crippen molar-refractivity contribution in [1.29, 1.82) is 0 Å². The summed E-state index contributed by atoms with van der Waals surface area (Å²) in [5, 5.41) is 0. The van der Waals surface area contributed by atoms with Crippen LogP contribution in [0.15, 0.2) is 75.5 Å². The molecule has 2 aromatic carbocycles. The molecule has 3 aromatic rings. The highest BCUT2D eigenvalue weighted by Gasteiger charge is 2.26. The molecule has 3 rings (SSSR count). The average molecular weight is 477 g/mol. The summed E-state index contributed by atoms with van der Waals surface area (Å²) in [6, 6.07) is 13.8. The number of nitrogens with zero attached hydrogens (tertiary/aromatic N) is 1. The van der Waals surface area contributed by atoms with Gasteiger partial charge < -0.3 is 9.47 Å². The van der Waals surface area contributed by atoms with Gasteiger partial charge in [0.25, 0.3) is 0 Å². The van der Waals surface area contributed by atoms with Gasteiger partial charge in [-0.1, -0.05) is 12.1 Å². The van der Waals surface area contributed by atoms with Crippen LogP contribution < -0.4 is 14.2 Å². The fourth-order valence-corrected chi connectivity index (χ4v) is 5.93. The Hall–Kier alpha value is -2.95. The van der Waals surface area contributed by atoms with Crippen molar-refractivity contribution in [2.75, 3.05) is 20.8 Å². The second kappa shape index (κ2) is 9.68. The number of rotatable bonds is 9. The van der Waals surface area contributed by atoms with Crippen molar-refractivity contribution < 1.29 is 26.3 Å². The molecular weight excluding hydrogens is 452 g/mol. The van der Waals surface area contributed by atoms with Crippen molar-refractivity contribution in [2.45, 2.75) is 28.0 Å². The van der Waals surface area contributed by atoms with Crippen molar-refractivity contribution in [3.8, 4) is 11.5 Å². The summed E-state index contributed by atoms with van der Waals surface area (Å²) in [7, 11) is -5.26. The van der Waals surface area contributed by atoms with E-state index in [2.05, 4.69) is 9.71 Å². The molecule has 170 valence electrons. The molecule has 0 radical (unpaired) electrons. The predicted molar refractivity (Wildman–Crippen MR) is 119 cm³/mol. The van der Waals surface area contributed by atoms with E-state index < -0.39 is 19.9 Å². The van der Waals surface area contributed by atoms with Gasteiger partial charge in [-0.15, -0.1) is 0 Å². The van der Waals surface area contributed by atoms with Gasteiger partial charge >= 0.3 is 0 Å². The first-order chi connectivity index (χ1) is 15.2. The standard InChI is InChI=1S/C22H24N2O6S2/c1-16-7-9-19(31(25,26)22-14-18(29-2)8-10-20(22)30-3)15-21(16)32(27,28)24-13-11-17-6-4-5-12-23-17/h4-10,12,14-15,24H,11,13H2,1-3H3. The van der Waals surface area contributed by atoms with Crippen molar-refractivity contribution in [3.05, 3.63) is 72.1 Å². The number of pyridine rings is 1. The molecule has 0 unspecified atom stereocenters. The molecule has 0 amide bonds. The first-order valence-corrected chi connectivity index (χ1v) is 12.6. The lowest BCUT2D eigenvalue weighted by atomic mass is 10.2. The minimum Gasteiger partial charge on any atom is -0.497 e. The summed E-state index contributed by atoms with van der Waals surface area (Å²) < 4.78 is 65.3. The van der Waals surface area contributed by atoms with Crippen molar-refractivity contribution in [3.63, 3.8) is 0 Å². The van der Waals surface area contributed by atoms with Gasteiger partial charge in [0.1, 0.15) is 16.4 Å². The van der Waals surface area contributed by atoms with Crippen LogP contribution in [0.2, 0.25) is 0 Å². The Labute approximate surface area is 188 Å². The fourth-order valence-electron chi connectivity index (χ4n) is 3.10. The van der Waals surface area contributed by atoms with E-state index in [1.807, 2.05) is 6.07 Å². The van der Waals surface area contributed by atoms with Crippen LogP contribution in [0.25, 0.3) is 0 Å². The first kappa shape index (κ1) is 23.7. The van der Waals surface area contributed by atoms with Gasteiger partial charge in [0.2, 0.25) is 19.9 Å². The zero-order valence-electron chi connectivity index (χ0n) is 17.9. The van der Waals surface area contributed by atoms with Gasteiger partial charge in [0.05, 0.1) is 24.0 Å². The maximum absolute atomic E-state index is 13.3. The number of sulfonamides is 1. The van der Waals surface area contributed by atoms with E-state index in [0.29, 0.717) is 17.7 Å². The zero-order chi connectivity index (χ0) is 23.4. The SMILES string of the molecule is COc1ccc(OC)c(S(=O)(=O)c2ccc(C)c(S(=O)(=O)NCCc3ccccn3)c2)c1. The highest BCUT2D eigenvalue weighted by atomic mass is 32.2. The van der Waals surface area contributed by atoms with Gasteiger partial charge in [-0.25, -0.2) is 21.6 Å². The van der Waals surface area contributed by atoms with Gasteiger partial charge in [0, 0.05) is 30.9 Å². The van der Waals surface area contributed by atoms with Crippen LogP contribution in [-0.4, -0.2) is 42.6 Å².